The van der Waals surface area contributed by atoms with Crippen molar-refractivity contribution in [2.24, 2.45) is 0 Å². The topological polar surface area (TPSA) is 66.9 Å². The molecule has 1 aliphatic rings. The number of amides is 2. The van der Waals surface area contributed by atoms with Crippen LogP contribution in [-0.4, -0.2) is 47.3 Å². The Morgan fingerprint density at radius 3 is 2.26 bits per heavy atom. The maximum absolute atomic E-state index is 12.5. The predicted molar refractivity (Wildman–Crippen MR) is 109 cm³/mol. The minimum absolute atomic E-state index is 0.305. The van der Waals surface area contributed by atoms with E-state index in [4.69, 9.17) is 4.74 Å². The molecule has 0 radical (unpaired) electrons. The second kappa shape index (κ2) is 8.61. The minimum atomic E-state index is -0.665. The van der Waals surface area contributed by atoms with Crippen molar-refractivity contribution >= 4 is 40.6 Å². The monoisotopic (exact) mass is 390 g/mol. The summed E-state index contributed by atoms with van der Waals surface area (Å²) in [5.41, 5.74) is 1.27. The van der Waals surface area contributed by atoms with Crippen LogP contribution in [-0.2, 0) is 14.3 Å². The normalized spacial score (nSPS) is 16.2. The number of carbonyl (C=O) groups excluding carboxylic acids is 3. The highest BCUT2D eigenvalue weighted by Gasteiger charge is 2.37. The van der Waals surface area contributed by atoms with Gasteiger partial charge >= 0.3 is 5.97 Å². The van der Waals surface area contributed by atoms with E-state index in [-0.39, 0.29) is 6.54 Å². The molecule has 0 aliphatic carbocycles. The van der Waals surface area contributed by atoms with Gasteiger partial charge in [0.1, 0.15) is 12.1 Å². The van der Waals surface area contributed by atoms with E-state index in [1.807, 2.05) is 24.3 Å². The van der Waals surface area contributed by atoms with Crippen LogP contribution in [0, 0.1) is 0 Å². The number of esters is 1. The van der Waals surface area contributed by atoms with Crippen LogP contribution in [0.15, 0.2) is 29.2 Å². The highest BCUT2D eigenvalue weighted by molar-refractivity contribution is 8.18. The fourth-order valence-corrected chi connectivity index (χ4v) is 3.50. The standard InChI is InChI=1S/C20H26N2O4S/c1-6-21(7-2)15-10-8-14(9-11-15)12-16-18(24)22(19(25)27-16)13-17(23)26-20(3,4)5/h8-12H,6-7,13H2,1-5H3. The Balaban J connectivity index is 2.10. The van der Waals surface area contributed by atoms with Crippen LogP contribution in [0.5, 0.6) is 0 Å². The Kier molecular flexibility index (Phi) is 6.70. The van der Waals surface area contributed by atoms with E-state index in [9.17, 15) is 14.4 Å². The number of rotatable bonds is 6. The van der Waals surface area contributed by atoms with E-state index < -0.39 is 22.7 Å². The summed E-state index contributed by atoms with van der Waals surface area (Å²) in [7, 11) is 0. The van der Waals surface area contributed by atoms with Crippen molar-refractivity contribution in [2.45, 2.75) is 40.2 Å². The Hall–Kier alpha value is -2.28. The van der Waals surface area contributed by atoms with Gasteiger partial charge in [0.15, 0.2) is 0 Å². The van der Waals surface area contributed by atoms with Crippen molar-refractivity contribution in [3.8, 4) is 0 Å². The van der Waals surface area contributed by atoms with E-state index in [1.54, 1.807) is 26.8 Å². The van der Waals surface area contributed by atoms with Gasteiger partial charge in [0.05, 0.1) is 4.91 Å². The van der Waals surface area contributed by atoms with Crippen LogP contribution in [0.3, 0.4) is 0 Å². The van der Waals surface area contributed by atoms with Gasteiger partial charge in [-0.1, -0.05) is 12.1 Å². The van der Waals surface area contributed by atoms with Crippen molar-refractivity contribution in [3.05, 3.63) is 34.7 Å². The summed E-state index contributed by atoms with van der Waals surface area (Å²) in [5.74, 6) is -1.07. The first-order valence-corrected chi connectivity index (χ1v) is 9.78. The molecule has 1 aliphatic heterocycles. The first kappa shape index (κ1) is 21.0. The van der Waals surface area contributed by atoms with Crippen LogP contribution in [0.2, 0.25) is 0 Å². The maximum atomic E-state index is 12.5. The zero-order valence-corrected chi connectivity index (χ0v) is 17.3. The molecule has 0 bridgehead atoms. The molecule has 1 heterocycles. The molecule has 7 heteroatoms. The summed E-state index contributed by atoms with van der Waals surface area (Å²) in [6, 6.07) is 7.80. The third kappa shape index (κ3) is 5.60. The molecule has 0 aromatic heterocycles. The lowest BCUT2D eigenvalue weighted by Crippen LogP contribution is -2.37. The fourth-order valence-electron chi connectivity index (χ4n) is 2.66. The molecule has 6 nitrogen and oxygen atoms in total. The molecule has 0 unspecified atom stereocenters. The maximum Gasteiger partial charge on any atom is 0.326 e. The SMILES string of the molecule is CCN(CC)c1ccc(C=C2SC(=O)N(CC(=O)OC(C)(C)C)C2=O)cc1. The lowest BCUT2D eigenvalue weighted by atomic mass is 10.1. The summed E-state index contributed by atoms with van der Waals surface area (Å²) in [6.07, 6.45) is 1.67. The first-order chi connectivity index (χ1) is 12.6. The Morgan fingerprint density at radius 2 is 1.74 bits per heavy atom. The zero-order chi connectivity index (χ0) is 20.2. The van der Waals surface area contributed by atoms with Crippen LogP contribution >= 0.6 is 11.8 Å². The van der Waals surface area contributed by atoms with Crippen molar-refractivity contribution in [1.29, 1.82) is 0 Å². The number of hydrogen-bond donors (Lipinski definition) is 0. The average molecular weight is 391 g/mol. The van der Waals surface area contributed by atoms with Gasteiger partial charge in [-0.2, -0.15) is 0 Å². The molecule has 0 spiro atoms. The molecule has 1 fully saturated rings. The summed E-state index contributed by atoms with van der Waals surface area (Å²) >= 11 is 0.836. The number of imide groups is 1. The van der Waals surface area contributed by atoms with Gasteiger partial charge in [-0.15, -0.1) is 0 Å². The van der Waals surface area contributed by atoms with Crippen molar-refractivity contribution in [2.75, 3.05) is 24.5 Å². The molecule has 0 N–H and O–H groups in total. The molecule has 2 amide bonds. The number of nitrogens with zero attached hydrogens (tertiary/aromatic N) is 2. The van der Waals surface area contributed by atoms with Crippen LogP contribution in [0.1, 0.15) is 40.2 Å². The molecular formula is C20H26N2O4S. The number of hydrogen-bond acceptors (Lipinski definition) is 6. The highest BCUT2D eigenvalue weighted by Crippen LogP contribution is 2.32. The lowest BCUT2D eigenvalue weighted by Gasteiger charge is -2.21. The number of benzene rings is 1. The van der Waals surface area contributed by atoms with Crippen molar-refractivity contribution < 1.29 is 19.1 Å². The average Bonchev–Trinajstić information content (AvgIpc) is 2.83. The van der Waals surface area contributed by atoms with Crippen molar-refractivity contribution in [3.63, 3.8) is 0 Å². The highest BCUT2D eigenvalue weighted by atomic mass is 32.2. The smallest absolute Gasteiger partial charge is 0.326 e. The molecule has 0 atom stereocenters. The molecule has 1 saturated heterocycles. The zero-order valence-electron chi connectivity index (χ0n) is 16.4. The van der Waals surface area contributed by atoms with E-state index in [0.717, 1.165) is 41.0 Å². The molecule has 27 heavy (non-hydrogen) atoms. The van der Waals surface area contributed by atoms with E-state index in [0.29, 0.717) is 4.91 Å². The second-order valence-corrected chi connectivity index (χ2v) is 8.11. The second-order valence-electron chi connectivity index (χ2n) is 7.12. The van der Waals surface area contributed by atoms with Gasteiger partial charge in [0.2, 0.25) is 0 Å². The van der Waals surface area contributed by atoms with Crippen LogP contribution in [0.4, 0.5) is 10.5 Å². The minimum Gasteiger partial charge on any atom is -0.459 e. The van der Waals surface area contributed by atoms with Gasteiger partial charge in [0.25, 0.3) is 11.1 Å². The van der Waals surface area contributed by atoms with Crippen molar-refractivity contribution in [1.82, 2.24) is 4.90 Å². The van der Waals surface area contributed by atoms with Crippen LogP contribution in [0.25, 0.3) is 6.08 Å². The largest absolute Gasteiger partial charge is 0.459 e. The van der Waals surface area contributed by atoms with Gasteiger partial charge in [0, 0.05) is 18.8 Å². The van der Waals surface area contributed by atoms with Gasteiger partial charge in [-0.3, -0.25) is 19.3 Å². The van der Waals surface area contributed by atoms with Gasteiger partial charge in [-0.05, 0) is 70.2 Å². The first-order valence-electron chi connectivity index (χ1n) is 8.96. The Labute approximate surface area is 164 Å². The number of ether oxygens (including phenoxy) is 1. The fraction of sp³-hybridized carbons (Fsp3) is 0.450. The van der Waals surface area contributed by atoms with E-state index in [2.05, 4.69) is 18.7 Å². The molecule has 1 aromatic rings. The summed E-state index contributed by atoms with van der Waals surface area (Å²) in [4.78, 5) is 40.0. The number of anilines is 1. The molecule has 1 aromatic carbocycles. The predicted octanol–water partition coefficient (Wildman–Crippen LogP) is 3.91. The molecule has 146 valence electrons. The van der Waals surface area contributed by atoms with Crippen LogP contribution < -0.4 is 4.90 Å². The number of thioether (sulfide) groups is 1. The van der Waals surface area contributed by atoms with E-state index >= 15 is 0 Å². The molecule has 2 rings (SSSR count). The Morgan fingerprint density at radius 1 is 1.15 bits per heavy atom. The van der Waals surface area contributed by atoms with Gasteiger partial charge in [-0.25, -0.2) is 0 Å². The summed E-state index contributed by atoms with van der Waals surface area (Å²) < 4.78 is 5.19. The lowest BCUT2D eigenvalue weighted by molar-refractivity contribution is -0.156. The summed E-state index contributed by atoms with van der Waals surface area (Å²) in [6.45, 7) is 10.9. The number of carbonyl (C=O) groups is 3. The Bertz CT molecular complexity index is 746. The van der Waals surface area contributed by atoms with E-state index in [1.165, 1.54) is 0 Å². The third-order valence-electron chi connectivity index (χ3n) is 3.90. The third-order valence-corrected chi connectivity index (χ3v) is 4.81. The quantitative estimate of drug-likeness (QED) is 0.542. The van der Waals surface area contributed by atoms with Gasteiger partial charge < -0.3 is 9.64 Å². The summed E-state index contributed by atoms with van der Waals surface area (Å²) in [5, 5.41) is -0.461. The molecular weight excluding hydrogens is 364 g/mol. The molecule has 0 saturated carbocycles.